The number of nitrogens with one attached hydrogen (secondary N) is 1. The molecular weight excluding hydrogens is 398 g/mol. The quantitative estimate of drug-likeness (QED) is 0.516. The standard InChI is InChI=1S/C21H21N7OS/c1-27-9-3-7-15-19(23-11-13-5-4-10-30-13)25-21(26-20(15)27)28-17-8-2-6-14(18(22)29)16(17)12-24-28/h2,4-6,8,10,12H,3,7,9,11H2,1H3,(H2,22,29)(H,23,25,26). The first-order valence-corrected chi connectivity index (χ1v) is 10.6. The normalized spacial score (nSPS) is 13.4. The first kappa shape index (κ1) is 18.6. The summed E-state index contributed by atoms with van der Waals surface area (Å²) in [7, 11) is 2.05. The second kappa shape index (κ2) is 7.42. The average Bonchev–Trinajstić information content (AvgIpc) is 3.42. The van der Waals surface area contributed by atoms with E-state index in [1.54, 1.807) is 34.3 Å². The fourth-order valence-corrected chi connectivity index (χ4v) is 4.50. The molecule has 3 N–H and O–H groups in total. The van der Waals surface area contributed by atoms with Crippen molar-refractivity contribution in [1.29, 1.82) is 0 Å². The molecule has 1 amide bonds. The molecule has 8 nitrogen and oxygen atoms in total. The predicted octanol–water partition coefficient (Wildman–Crippen LogP) is 2.97. The average molecular weight is 420 g/mol. The minimum atomic E-state index is -0.482. The van der Waals surface area contributed by atoms with Crippen molar-refractivity contribution >= 4 is 39.8 Å². The van der Waals surface area contributed by atoms with E-state index in [1.807, 2.05) is 19.2 Å². The summed E-state index contributed by atoms with van der Waals surface area (Å²) >= 11 is 1.71. The molecule has 0 unspecified atom stereocenters. The van der Waals surface area contributed by atoms with Gasteiger partial charge in [0.15, 0.2) is 0 Å². The molecule has 1 aliphatic heterocycles. The van der Waals surface area contributed by atoms with Gasteiger partial charge in [-0.15, -0.1) is 11.3 Å². The molecule has 1 aliphatic rings. The maximum absolute atomic E-state index is 11.8. The highest BCUT2D eigenvalue weighted by Crippen LogP contribution is 2.31. The maximum atomic E-state index is 11.8. The zero-order valence-electron chi connectivity index (χ0n) is 16.5. The van der Waals surface area contributed by atoms with Gasteiger partial charge in [0.2, 0.25) is 5.91 Å². The lowest BCUT2D eigenvalue weighted by Gasteiger charge is -2.28. The Balaban J connectivity index is 1.63. The molecule has 0 aliphatic carbocycles. The third-order valence-corrected chi connectivity index (χ3v) is 6.21. The van der Waals surface area contributed by atoms with Crippen LogP contribution in [0.1, 0.15) is 27.2 Å². The Morgan fingerprint density at radius 1 is 1.27 bits per heavy atom. The van der Waals surface area contributed by atoms with E-state index in [9.17, 15) is 4.79 Å². The van der Waals surface area contributed by atoms with Crippen molar-refractivity contribution in [1.82, 2.24) is 19.7 Å². The van der Waals surface area contributed by atoms with E-state index in [4.69, 9.17) is 15.7 Å². The van der Waals surface area contributed by atoms with Gasteiger partial charge in [0.05, 0.1) is 23.8 Å². The van der Waals surface area contributed by atoms with E-state index in [0.29, 0.717) is 23.4 Å². The minimum absolute atomic E-state index is 0.435. The van der Waals surface area contributed by atoms with E-state index in [1.165, 1.54) is 4.88 Å². The smallest absolute Gasteiger partial charge is 0.255 e. The third kappa shape index (κ3) is 3.17. The first-order valence-electron chi connectivity index (χ1n) is 9.77. The maximum Gasteiger partial charge on any atom is 0.255 e. The highest BCUT2D eigenvalue weighted by molar-refractivity contribution is 7.09. The van der Waals surface area contributed by atoms with Crippen molar-refractivity contribution in [2.24, 2.45) is 5.73 Å². The largest absolute Gasteiger partial charge is 0.366 e. The number of benzene rings is 1. The number of carbonyl (C=O) groups is 1. The molecule has 5 rings (SSSR count). The Bertz CT molecular complexity index is 1230. The summed E-state index contributed by atoms with van der Waals surface area (Å²) in [5.74, 6) is 1.72. The number of carbonyl (C=O) groups excluding carboxylic acids is 1. The summed E-state index contributed by atoms with van der Waals surface area (Å²) in [6.07, 6.45) is 3.63. The molecule has 3 aromatic heterocycles. The number of hydrogen-bond donors (Lipinski definition) is 2. The Morgan fingerprint density at radius 2 is 2.17 bits per heavy atom. The lowest BCUT2D eigenvalue weighted by molar-refractivity contribution is 0.100. The van der Waals surface area contributed by atoms with Crippen LogP contribution in [0.2, 0.25) is 0 Å². The van der Waals surface area contributed by atoms with Crippen LogP contribution < -0.4 is 16.0 Å². The fraction of sp³-hybridized carbons (Fsp3) is 0.238. The number of primary amides is 1. The SMILES string of the molecule is CN1CCCc2c(NCc3cccs3)nc(-n3ncc4c(C(N)=O)cccc43)nc21. The highest BCUT2D eigenvalue weighted by Gasteiger charge is 2.23. The highest BCUT2D eigenvalue weighted by atomic mass is 32.1. The van der Waals surface area contributed by atoms with Crippen LogP contribution in [-0.4, -0.2) is 39.2 Å². The summed E-state index contributed by atoms with van der Waals surface area (Å²) in [4.78, 5) is 24.8. The zero-order valence-corrected chi connectivity index (χ0v) is 17.3. The van der Waals surface area contributed by atoms with E-state index < -0.39 is 5.91 Å². The molecule has 0 atom stereocenters. The molecule has 0 bridgehead atoms. The summed E-state index contributed by atoms with van der Waals surface area (Å²) < 4.78 is 1.67. The number of amides is 1. The van der Waals surface area contributed by atoms with E-state index in [-0.39, 0.29) is 0 Å². The molecule has 152 valence electrons. The number of thiophene rings is 1. The molecule has 0 fully saturated rings. The Kier molecular flexibility index (Phi) is 4.59. The van der Waals surface area contributed by atoms with Crippen LogP contribution >= 0.6 is 11.3 Å². The summed E-state index contributed by atoms with van der Waals surface area (Å²) in [6.45, 7) is 1.65. The molecule has 0 saturated heterocycles. The van der Waals surface area contributed by atoms with Crippen LogP contribution in [0.25, 0.3) is 16.9 Å². The van der Waals surface area contributed by atoms with E-state index in [0.717, 1.165) is 42.1 Å². The number of rotatable bonds is 5. The van der Waals surface area contributed by atoms with Gasteiger partial charge in [-0.2, -0.15) is 19.7 Å². The van der Waals surface area contributed by atoms with Gasteiger partial charge in [0.25, 0.3) is 5.95 Å². The van der Waals surface area contributed by atoms with Crippen LogP contribution in [0.3, 0.4) is 0 Å². The van der Waals surface area contributed by atoms with Crippen LogP contribution in [0.4, 0.5) is 11.6 Å². The number of nitrogens with two attached hydrogens (primary N) is 1. The number of fused-ring (bicyclic) bond motifs is 2. The molecule has 9 heteroatoms. The van der Waals surface area contributed by atoms with E-state index in [2.05, 4.69) is 26.8 Å². The molecule has 1 aromatic carbocycles. The van der Waals surface area contributed by atoms with Crippen LogP contribution in [-0.2, 0) is 13.0 Å². The van der Waals surface area contributed by atoms with Gasteiger partial charge in [0, 0.05) is 29.4 Å². The second-order valence-corrected chi connectivity index (χ2v) is 8.32. The summed E-state index contributed by atoms with van der Waals surface area (Å²) in [5.41, 5.74) is 7.83. The fourth-order valence-electron chi connectivity index (χ4n) is 3.86. The van der Waals surface area contributed by atoms with Gasteiger partial charge in [-0.05, 0) is 36.4 Å². The van der Waals surface area contributed by atoms with Crippen LogP contribution in [0, 0.1) is 0 Å². The van der Waals surface area contributed by atoms with Crippen molar-refractivity contribution in [2.75, 3.05) is 23.8 Å². The van der Waals surface area contributed by atoms with Crippen molar-refractivity contribution in [3.63, 3.8) is 0 Å². The third-order valence-electron chi connectivity index (χ3n) is 5.33. The Hall–Kier alpha value is -3.46. The number of anilines is 2. The Morgan fingerprint density at radius 3 is 2.97 bits per heavy atom. The minimum Gasteiger partial charge on any atom is -0.366 e. The lowest BCUT2D eigenvalue weighted by Crippen LogP contribution is -2.28. The van der Waals surface area contributed by atoms with Gasteiger partial charge in [-0.25, -0.2) is 0 Å². The second-order valence-electron chi connectivity index (χ2n) is 7.29. The molecule has 4 heterocycles. The topological polar surface area (TPSA) is 102 Å². The van der Waals surface area contributed by atoms with Gasteiger partial charge in [-0.1, -0.05) is 12.1 Å². The van der Waals surface area contributed by atoms with Crippen LogP contribution in [0.15, 0.2) is 41.9 Å². The zero-order chi connectivity index (χ0) is 20.7. The molecule has 0 spiro atoms. The number of nitrogens with zero attached hydrogens (tertiary/aromatic N) is 5. The molecule has 30 heavy (non-hydrogen) atoms. The molecule has 0 saturated carbocycles. The van der Waals surface area contributed by atoms with Crippen molar-refractivity contribution in [3.05, 3.63) is 57.9 Å². The monoisotopic (exact) mass is 419 g/mol. The Labute approximate surface area is 177 Å². The lowest BCUT2D eigenvalue weighted by atomic mass is 10.1. The molecule has 4 aromatic rings. The summed E-state index contributed by atoms with van der Waals surface area (Å²) in [6, 6.07) is 9.53. The summed E-state index contributed by atoms with van der Waals surface area (Å²) in [5, 5.41) is 10.7. The van der Waals surface area contributed by atoms with Gasteiger partial charge in [-0.3, -0.25) is 4.79 Å². The van der Waals surface area contributed by atoms with E-state index >= 15 is 0 Å². The van der Waals surface area contributed by atoms with Gasteiger partial charge >= 0.3 is 0 Å². The van der Waals surface area contributed by atoms with Crippen LogP contribution in [0.5, 0.6) is 0 Å². The number of aromatic nitrogens is 4. The van der Waals surface area contributed by atoms with Gasteiger partial charge < -0.3 is 16.0 Å². The number of hydrogen-bond acceptors (Lipinski definition) is 7. The first-order chi connectivity index (χ1) is 14.6. The van der Waals surface area contributed by atoms with Crippen molar-refractivity contribution in [3.8, 4) is 5.95 Å². The predicted molar refractivity (Wildman–Crippen MR) is 118 cm³/mol. The van der Waals surface area contributed by atoms with Gasteiger partial charge in [0.1, 0.15) is 11.6 Å². The molecule has 0 radical (unpaired) electrons. The van der Waals surface area contributed by atoms with Crippen molar-refractivity contribution in [2.45, 2.75) is 19.4 Å². The van der Waals surface area contributed by atoms with Crippen molar-refractivity contribution < 1.29 is 4.79 Å². The molecular formula is C21H21N7OS.